The number of hydrogen-bond donors (Lipinski definition) is 0. The molecule has 1 nitrogen and oxygen atoms in total. The van der Waals surface area contributed by atoms with Crippen molar-refractivity contribution >= 4 is 21.9 Å². The summed E-state index contributed by atoms with van der Waals surface area (Å²) >= 11 is 0. The topological polar surface area (TPSA) is 13.1 Å². The van der Waals surface area contributed by atoms with E-state index in [1.807, 2.05) is 6.07 Å². The van der Waals surface area contributed by atoms with E-state index in [-0.39, 0.29) is 11.3 Å². The van der Waals surface area contributed by atoms with E-state index in [1.54, 1.807) is 0 Å². The highest BCUT2D eigenvalue weighted by Crippen LogP contribution is 2.51. The van der Waals surface area contributed by atoms with Gasteiger partial charge in [-0.15, -0.1) is 0 Å². The van der Waals surface area contributed by atoms with Gasteiger partial charge in [0.25, 0.3) is 0 Å². The van der Waals surface area contributed by atoms with Crippen molar-refractivity contribution in [2.24, 2.45) is 0 Å². The van der Waals surface area contributed by atoms with Crippen LogP contribution in [-0.4, -0.2) is 0 Å². The minimum absolute atomic E-state index is 0.0325. The Morgan fingerprint density at radius 1 is 0.308 bits per heavy atom. The zero-order chi connectivity index (χ0) is 43.5. The second-order valence-electron chi connectivity index (χ2n) is 18.0. The van der Waals surface area contributed by atoms with Crippen molar-refractivity contribution in [1.29, 1.82) is 0 Å². The summed E-state index contributed by atoms with van der Waals surface area (Å²) in [4.78, 5) is 0. The van der Waals surface area contributed by atoms with Crippen LogP contribution < -0.4 is 0 Å². The van der Waals surface area contributed by atoms with Gasteiger partial charge in [0, 0.05) is 27.7 Å². The highest BCUT2D eigenvalue weighted by Gasteiger charge is 2.36. The van der Waals surface area contributed by atoms with Gasteiger partial charge in [-0.05, 0) is 101 Å². The number of hydrogen-bond acceptors (Lipinski definition) is 1. The molecule has 11 aromatic rings. The highest BCUT2D eigenvalue weighted by molar-refractivity contribution is 6.09. The summed E-state index contributed by atoms with van der Waals surface area (Å²) in [5.41, 5.74) is 22.8. The van der Waals surface area contributed by atoms with Crippen LogP contribution in [0.3, 0.4) is 0 Å². The van der Waals surface area contributed by atoms with E-state index in [9.17, 15) is 0 Å². The molecule has 1 aliphatic carbocycles. The largest absolute Gasteiger partial charge is 0.455 e. The van der Waals surface area contributed by atoms with E-state index in [0.29, 0.717) is 0 Å². The summed E-state index contributed by atoms with van der Waals surface area (Å²) in [6.07, 6.45) is 0. The third-order valence-corrected chi connectivity index (χ3v) is 13.9. The van der Waals surface area contributed by atoms with Crippen LogP contribution >= 0.6 is 0 Å². The third-order valence-electron chi connectivity index (χ3n) is 13.9. The molecule has 0 atom stereocenters. The first kappa shape index (κ1) is 38.7. The fraction of sp³-hybridized carbons (Fsp3) is 0.0625. The quantitative estimate of drug-likeness (QED) is 0.139. The Balaban J connectivity index is 0.909. The Bertz CT molecular complexity index is 3380. The van der Waals surface area contributed by atoms with Gasteiger partial charge in [0.05, 0.1) is 0 Å². The third kappa shape index (κ3) is 6.80. The monoisotopic (exact) mass is 830 g/mol. The van der Waals surface area contributed by atoms with Gasteiger partial charge in [-0.2, -0.15) is 0 Å². The Kier molecular flexibility index (Phi) is 9.31. The first-order valence-electron chi connectivity index (χ1n) is 22.7. The lowest BCUT2D eigenvalue weighted by Crippen LogP contribution is -2.16. The van der Waals surface area contributed by atoms with Gasteiger partial charge in [0.2, 0.25) is 0 Å². The zero-order valence-corrected chi connectivity index (χ0v) is 36.5. The van der Waals surface area contributed by atoms with E-state index in [1.165, 1.54) is 89.0 Å². The summed E-state index contributed by atoms with van der Waals surface area (Å²) in [6.45, 7) is 4.77. The normalized spacial score (nSPS) is 12.7. The standard InChI is InChI=1S/C64H46O/c1-64(2)59-40-52(54-17-11-18-58-57-16-9-10-19-61(57)65-63(54)58)36-38-55(59)56-39-37-53(41-60(56)64)62(50-32-28-48(29-33-50)46-24-20-44(21-25-46)42-12-5-3-6-13-42)51-34-30-49(31-35-51)47-26-22-45(23-27-47)43-14-7-4-8-15-43/h3-41,62H,1-2H3. The second-order valence-corrected chi connectivity index (χ2v) is 18.0. The van der Waals surface area contributed by atoms with Gasteiger partial charge in [-0.25, -0.2) is 0 Å². The number of para-hydroxylation sites is 2. The van der Waals surface area contributed by atoms with E-state index in [2.05, 4.69) is 244 Å². The number of benzene rings is 10. The van der Waals surface area contributed by atoms with Crippen LogP contribution in [0.1, 0.15) is 47.6 Å². The SMILES string of the molecule is CC1(C)c2cc(-c3cccc4c3oc3ccccc34)ccc2-c2ccc(C(c3ccc(-c4ccc(-c5ccccc5)cc4)cc3)c3ccc(-c4ccc(-c5ccccc5)cc4)cc3)cc21. The lowest BCUT2D eigenvalue weighted by Gasteiger charge is -2.25. The minimum atomic E-state index is -0.214. The molecule has 0 radical (unpaired) electrons. The Morgan fingerprint density at radius 3 is 1.25 bits per heavy atom. The lowest BCUT2D eigenvalue weighted by atomic mass is 9.78. The Labute approximate surface area is 380 Å². The van der Waals surface area contributed by atoms with Crippen molar-refractivity contribution in [3.63, 3.8) is 0 Å². The average molecular weight is 831 g/mol. The summed E-state index contributed by atoms with van der Waals surface area (Å²) < 4.78 is 6.50. The fourth-order valence-electron chi connectivity index (χ4n) is 10.4. The van der Waals surface area contributed by atoms with E-state index in [4.69, 9.17) is 4.42 Å². The lowest BCUT2D eigenvalue weighted by molar-refractivity contribution is 0.658. The van der Waals surface area contributed by atoms with Crippen LogP contribution in [-0.2, 0) is 5.41 Å². The predicted octanol–water partition coefficient (Wildman–Crippen LogP) is 17.4. The smallest absolute Gasteiger partial charge is 0.143 e. The molecule has 308 valence electrons. The molecular weight excluding hydrogens is 785 g/mol. The van der Waals surface area contributed by atoms with Crippen molar-refractivity contribution in [3.8, 4) is 66.8 Å². The average Bonchev–Trinajstić information content (AvgIpc) is 3.86. The number of fused-ring (bicyclic) bond motifs is 6. The second kappa shape index (κ2) is 15.7. The molecular formula is C64H46O. The molecule has 0 amide bonds. The van der Waals surface area contributed by atoms with Crippen LogP contribution in [0.15, 0.2) is 241 Å². The van der Waals surface area contributed by atoms with Gasteiger partial charge in [0.15, 0.2) is 0 Å². The molecule has 0 saturated heterocycles. The van der Waals surface area contributed by atoms with Crippen molar-refractivity contribution in [2.75, 3.05) is 0 Å². The highest BCUT2D eigenvalue weighted by atomic mass is 16.3. The minimum Gasteiger partial charge on any atom is -0.455 e. The number of rotatable bonds is 8. The van der Waals surface area contributed by atoms with Crippen LogP contribution in [0.25, 0.3) is 88.7 Å². The molecule has 1 heteroatoms. The molecule has 1 heterocycles. The molecule has 65 heavy (non-hydrogen) atoms. The molecule has 0 bridgehead atoms. The summed E-state index contributed by atoms with van der Waals surface area (Å²) in [5, 5.41) is 2.31. The molecule has 1 aliphatic rings. The maximum Gasteiger partial charge on any atom is 0.143 e. The molecule has 0 N–H and O–H groups in total. The predicted molar refractivity (Wildman–Crippen MR) is 272 cm³/mol. The molecule has 1 aromatic heterocycles. The van der Waals surface area contributed by atoms with Crippen molar-refractivity contribution in [2.45, 2.75) is 25.2 Å². The number of furan rings is 1. The fourth-order valence-corrected chi connectivity index (χ4v) is 10.4. The Morgan fingerprint density at radius 2 is 0.708 bits per heavy atom. The molecule has 10 aromatic carbocycles. The molecule has 12 rings (SSSR count). The van der Waals surface area contributed by atoms with Crippen LogP contribution in [0, 0.1) is 0 Å². The Hall–Kier alpha value is -8.00. The molecule has 0 aliphatic heterocycles. The molecule has 0 fully saturated rings. The summed E-state index contributed by atoms with van der Waals surface area (Å²) in [5.74, 6) is 0.0325. The van der Waals surface area contributed by atoms with Crippen molar-refractivity contribution in [1.82, 2.24) is 0 Å². The van der Waals surface area contributed by atoms with E-state index in [0.717, 1.165) is 27.5 Å². The molecule has 0 spiro atoms. The van der Waals surface area contributed by atoms with Gasteiger partial charge >= 0.3 is 0 Å². The van der Waals surface area contributed by atoms with Gasteiger partial charge < -0.3 is 4.42 Å². The molecule has 0 saturated carbocycles. The first-order chi connectivity index (χ1) is 32.0. The van der Waals surface area contributed by atoms with Gasteiger partial charge in [0.1, 0.15) is 11.2 Å². The van der Waals surface area contributed by atoms with Crippen LogP contribution in [0.5, 0.6) is 0 Å². The maximum absolute atomic E-state index is 6.50. The first-order valence-corrected chi connectivity index (χ1v) is 22.7. The molecule has 0 unspecified atom stereocenters. The van der Waals surface area contributed by atoms with Crippen LogP contribution in [0.4, 0.5) is 0 Å². The summed E-state index contributed by atoms with van der Waals surface area (Å²) in [7, 11) is 0. The maximum atomic E-state index is 6.50. The van der Waals surface area contributed by atoms with Gasteiger partial charge in [-0.1, -0.05) is 238 Å². The summed E-state index contributed by atoms with van der Waals surface area (Å²) in [6, 6.07) is 86.6. The zero-order valence-electron chi connectivity index (χ0n) is 36.5. The van der Waals surface area contributed by atoms with E-state index < -0.39 is 0 Å². The van der Waals surface area contributed by atoms with Crippen molar-refractivity contribution in [3.05, 3.63) is 264 Å². The van der Waals surface area contributed by atoms with Gasteiger partial charge in [-0.3, -0.25) is 0 Å². The van der Waals surface area contributed by atoms with E-state index >= 15 is 0 Å². The van der Waals surface area contributed by atoms with Crippen molar-refractivity contribution < 1.29 is 4.42 Å². The van der Waals surface area contributed by atoms with Crippen LogP contribution in [0.2, 0.25) is 0 Å².